The zero-order chi connectivity index (χ0) is 20.9. The number of aromatic nitrogens is 1. The van der Waals surface area contributed by atoms with Crippen molar-refractivity contribution in [2.24, 2.45) is 0 Å². The minimum atomic E-state index is -0.0834. The van der Waals surface area contributed by atoms with E-state index >= 15 is 0 Å². The number of thiophene rings is 1. The maximum atomic E-state index is 12.4. The fourth-order valence-corrected chi connectivity index (χ4v) is 4.77. The smallest absolute Gasteiger partial charge is 0.251 e. The first-order chi connectivity index (χ1) is 14.6. The number of hydrogen-bond acceptors (Lipinski definition) is 4. The lowest BCUT2D eigenvalue weighted by Crippen LogP contribution is -2.26. The maximum Gasteiger partial charge on any atom is 0.251 e. The van der Waals surface area contributed by atoms with E-state index in [1.54, 1.807) is 18.4 Å². The summed E-state index contributed by atoms with van der Waals surface area (Å²) in [6.07, 6.45) is 4.68. The molecule has 0 bridgehead atoms. The van der Waals surface area contributed by atoms with E-state index in [0.29, 0.717) is 18.7 Å². The van der Waals surface area contributed by atoms with Gasteiger partial charge in [-0.1, -0.05) is 36.4 Å². The third-order valence-electron chi connectivity index (χ3n) is 4.93. The number of amides is 1. The van der Waals surface area contributed by atoms with Crippen LogP contribution in [-0.2, 0) is 11.2 Å². The van der Waals surface area contributed by atoms with E-state index in [1.807, 2.05) is 30.6 Å². The van der Waals surface area contributed by atoms with Gasteiger partial charge in [0.15, 0.2) is 0 Å². The highest BCUT2D eigenvalue weighted by atomic mass is 32.1. The summed E-state index contributed by atoms with van der Waals surface area (Å²) in [5.41, 5.74) is 5.25. The molecule has 1 amide bonds. The van der Waals surface area contributed by atoms with Gasteiger partial charge in [0.25, 0.3) is 5.91 Å². The number of methoxy groups -OCH3 is 1. The largest absolute Gasteiger partial charge is 0.383 e. The van der Waals surface area contributed by atoms with E-state index < -0.39 is 0 Å². The molecule has 0 saturated heterocycles. The van der Waals surface area contributed by atoms with Gasteiger partial charge in [0.2, 0.25) is 0 Å². The van der Waals surface area contributed by atoms with Crippen LogP contribution >= 0.6 is 11.3 Å². The van der Waals surface area contributed by atoms with Crippen molar-refractivity contribution < 1.29 is 9.53 Å². The second-order valence-electron chi connectivity index (χ2n) is 7.31. The molecular formula is C25H24N2O2S. The molecule has 5 heteroatoms. The van der Waals surface area contributed by atoms with Crippen molar-refractivity contribution in [1.82, 2.24) is 10.3 Å². The Morgan fingerprint density at radius 1 is 1.10 bits per heavy atom. The van der Waals surface area contributed by atoms with E-state index in [1.165, 1.54) is 26.1 Å². The van der Waals surface area contributed by atoms with Crippen LogP contribution in [0.5, 0.6) is 0 Å². The molecule has 0 atom stereocenters. The Bertz CT molecular complexity index is 1180. The van der Waals surface area contributed by atoms with Crippen molar-refractivity contribution in [1.29, 1.82) is 0 Å². The molecule has 0 fully saturated rings. The Balaban J connectivity index is 1.64. The molecule has 2 heterocycles. The third kappa shape index (κ3) is 4.58. The molecule has 0 unspecified atom stereocenters. The number of nitrogens with zero attached hydrogens (tertiary/aromatic N) is 1. The number of rotatable bonds is 7. The molecule has 4 aromatic rings. The summed E-state index contributed by atoms with van der Waals surface area (Å²) in [4.78, 5) is 18.0. The summed E-state index contributed by atoms with van der Waals surface area (Å²) in [7, 11) is 1.62. The molecule has 2 aromatic carbocycles. The van der Waals surface area contributed by atoms with Crippen LogP contribution < -0.4 is 5.32 Å². The highest BCUT2D eigenvalue weighted by molar-refractivity contribution is 7.19. The predicted octanol–water partition coefficient (Wildman–Crippen LogP) is 5.24. The SMILES string of the molecule is COCCNC(=O)c1cccc(-c2cccc3cc(Cc4cncc(C)c4)sc23)c1. The first kappa shape index (κ1) is 20.3. The molecule has 152 valence electrons. The van der Waals surface area contributed by atoms with Gasteiger partial charge in [0.1, 0.15) is 0 Å². The lowest BCUT2D eigenvalue weighted by atomic mass is 10.0. The van der Waals surface area contributed by atoms with Crippen LogP contribution in [0.2, 0.25) is 0 Å². The summed E-state index contributed by atoms with van der Waals surface area (Å²) in [5, 5.41) is 4.11. The van der Waals surface area contributed by atoms with Gasteiger partial charge in [-0.2, -0.15) is 0 Å². The lowest BCUT2D eigenvalue weighted by Gasteiger charge is -2.08. The van der Waals surface area contributed by atoms with Crippen molar-refractivity contribution >= 4 is 27.3 Å². The van der Waals surface area contributed by atoms with Gasteiger partial charge in [0.05, 0.1) is 6.61 Å². The molecule has 0 radical (unpaired) electrons. The molecule has 1 N–H and O–H groups in total. The van der Waals surface area contributed by atoms with Gasteiger partial charge in [-0.25, -0.2) is 0 Å². The molecule has 30 heavy (non-hydrogen) atoms. The second-order valence-corrected chi connectivity index (χ2v) is 8.45. The summed E-state index contributed by atoms with van der Waals surface area (Å²) in [6, 6.07) is 18.6. The highest BCUT2D eigenvalue weighted by Crippen LogP contribution is 2.36. The minimum Gasteiger partial charge on any atom is -0.383 e. The zero-order valence-electron chi connectivity index (χ0n) is 17.1. The Morgan fingerprint density at radius 2 is 1.97 bits per heavy atom. The highest BCUT2D eigenvalue weighted by Gasteiger charge is 2.11. The number of nitrogens with one attached hydrogen (secondary N) is 1. The summed E-state index contributed by atoms with van der Waals surface area (Å²) in [6.45, 7) is 3.06. The number of fused-ring (bicyclic) bond motifs is 1. The minimum absolute atomic E-state index is 0.0834. The predicted molar refractivity (Wildman–Crippen MR) is 123 cm³/mol. The van der Waals surface area contributed by atoms with Crippen molar-refractivity contribution in [3.05, 3.63) is 88.6 Å². The number of hydrogen-bond donors (Lipinski definition) is 1. The molecule has 4 rings (SSSR count). The molecule has 4 nitrogen and oxygen atoms in total. The number of pyridine rings is 1. The molecule has 0 spiro atoms. The van der Waals surface area contributed by atoms with Crippen LogP contribution in [0, 0.1) is 6.92 Å². The van der Waals surface area contributed by atoms with E-state index in [0.717, 1.165) is 17.5 Å². The van der Waals surface area contributed by atoms with E-state index in [4.69, 9.17) is 4.74 Å². The Morgan fingerprint density at radius 3 is 2.80 bits per heavy atom. The van der Waals surface area contributed by atoms with Crippen LogP contribution in [-0.4, -0.2) is 31.2 Å². The zero-order valence-corrected chi connectivity index (χ0v) is 18.0. The average molecular weight is 417 g/mol. The number of carbonyl (C=O) groups is 1. The van der Waals surface area contributed by atoms with Crippen molar-refractivity contribution in [2.75, 3.05) is 20.3 Å². The third-order valence-corrected chi connectivity index (χ3v) is 6.12. The van der Waals surface area contributed by atoms with Crippen molar-refractivity contribution in [3.8, 4) is 11.1 Å². The molecule has 0 aliphatic heterocycles. The summed E-state index contributed by atoms with van der Waals surface area (Å²) >= 11 is 1.81. The fraction of sp³-hybridized carbons (Fsp3) is 0.200. The monoisotopic (exact) mass is 416 g/mol. The Labute approximate surface area is 180 Å². The summed E-state index contributed by atoms with van der Waals surface area (Å²) < 4.78 is 6.24. The topological polar surface area (TPSA) is 51.2 Å². The average Bonchev–Trinajstić information content (AvgIpc) is 3.16. The standard InChI is InChI=1S/C25H24N2O2S/c1-17-11-18(16-26-15-17)12-22-14-20-6-4-8-23(24(20)30-22)19-5-3-7-21(13-19)25(28)27-9-10-29-2/h3-8,11,13-16H,9-10,12H2,1-2H3,(H,27,28). The van der Waals surface area contributed by atoms with Gasteiger partial charge < -0.3 is 10.1 Å². The molecular weight excluding hydrogens is 392 g/mol. The Hall–Kier alpha value is -3.02. The van der Waals surface area contributed by atoms with Crippen LogP contribution in [0.15, 0.2) is 67.0 Å². The van der Waals surface area contributed by atoms with Gasteiger partial charge >= 0.3 is 0 Å². The van der Waals surface area contributed by atoms with Crippen LogP contribution in [0.1, 0.15) is 26.4 Å². The lowest BCUT2D eigenvalue weighted by molar-refractivity contribution is 0.0937. The number of benzene rings is 2. The second kappa shape index (κ2) is 9.20. The molecule has 0 aliphatic carbocycles. The number of ether oxygens (including phenoxy) is 1. The van der Waals surface area contributed by atoms with Gasteiger partial charge in [0, 0.05) is 47.6 Å². The normalized spacial score (nSPS) is 11.0. The van der Waals surface area contributed by atoms with Crippen LogP contribution in [0.25, 0.3) is 21.2 Å². The van der Waals surface area contributed by atoms with Gasteiger partial charge in [-0.3, -0.25) is 9.78 Å². The quantitative estimate of drug-likeness (QED) is 0.419. The van der Waals surface area contributed by atoms with Gasteiger partial charge in [-0.15, -0.1) is 11.3 Å². The Kier molecular flexibility index (Phi) is 6.21. The maximum absolute atomic E-state index is 12.4. The number of carbonyl (C=O) groups excluding carboxylic acids is 1. The van der Waals surface area contributed by atoms with Crippen LogP contribution in [0.3, 0.4) is 0 Å². The first-order valence-corrected chi connectivity index (χ1v) is 10.8. The van der Waals surface area contributed by atoms with E-state index in [9.17, 15) is 4.79 Å². The van der Waals surface area contributed by atoms with E-state index in [2.05, 4.69) is 53.6 Å². The molecule has 0 aliphatic rings. The van der Waals surface area contributed by atoms with Crippen molar-refractivity contribution in [2.45, 2.75) is 13.3 Å². The number of aryl methyl sites for hydroxylation is 1. The van der Waals surface area contributed by atoms with Crippen molar-refractivity contribution in [3.63, 3.8) is 0 Å². The van der Waals surface area contributed by atoms with Gasteiger partial charge in [-0.05, 0) is 52.8 Å². The molecule has 0 saturated carbocycles. The first-order valence-electron chi connectivity index (χ1n) is 9.93. The molecule has 2 aromatic heterocycles. The summed E-state index contributed by atoms with van der Waals surface area (Å²) in [5.74, 6) is -0.0834. The van der Waals surface area contributed by atoms with E-state index in [-0.39, 0.29) is 5.91 Å². The fourth-order valence-electron chi connectivity index (χ4n) is 3.54. The van der Waals surface area contributed by atoms with Crippen LogP contribution in [0.4, 0.5) is 0 Å².